The maximum Gasteiger partial charge on any atom is 0.244 e. The Bertz CT molecular complexity index is 452. The van der Waals surface area contributed by atoms with Gasteiger partial charge in [0.25, 0.3) is 0 Å². The molecule has 3 nitrogen and oxygen atoms in total. The third-order valence-electron chi connectivity index (χ3n) is 2.86. The van der Waals surface area contributed by atoms with Gasteiger partial charge < -0.3 is 10.4 Å². The molecule has 0 atom stereocenters. The van der Waals surface area contributed by atoms with Gasteiger partial charge in [-0.1, -0.05) is 29.8 Å². The number of rotatable bonds is 4. The molecule has 0 heterocycles. The van der Waals surface area contributed by atoms with E-state index < -0.39 is 0 Å². The van der Waals surface area contributed by atoms with E-state index >= 15 is 0 Å². The van der Waals surface area contributed by atoms with Gasteiger partial charge in [-0.3, -0.25) is 4.79 Å². The van der Waals surface area contributed by atoms with Crippen molar-refractivity contribution in [1.82, 2.24) is 5.32 Å². The highest BCUT2D eigenvalue weighted by atomic mass is 35.5. The van der Waals surface area contributed by atoms with E-state index in [0.29, 0.717) is 5.02 Å². The van der Waals surface area contributed by atoms with Crippen molar-refractivity contribution in [2.75, 3.05) is 6.61 Å². The van der Waals surface area contributed by atoms with Gasteiger partial charge in [0.15, 0.2) is 0 Å². The van der Waals surface area contributed by atoms with Crippen LogP contribution in [0.2, 0.25) is 5.02 Å². The molecule has 1 saturated carbocycles. The average Bonchev–Trinajstić information content (AvgIpc) is 3.08. The highest BCUT2D eigenvalue weighted by Crippen LogP contribution is 2.34. The summed E-state index contributed by atoms with van der Waals surface area (Å²) >= 11 is 5.96. The van der Waals surface area contributed by atoms with Crippen LogP contribution in [0.4, 0.5) is 0 Å². The van der Waals surface area contributed by atoms with Crippen LogP contribution in [-0.2, 0) is 4.79 Å². The largest absolute Gasteiger partial charge is 0.394 e. The fourth-order valence-electron chi connectivity index (χ4n) is 1.55. The summed E-state index contributed by atoms with van der Waals surface area (Å²) in [5.41, 5.74) is 0.431. The maximum atomic E-state index is 11.6. The molecule has 1 aliphatic carbocycles. The van der Waals surface area contributed by atoms with Crippen LogP contribution in [0.5, 0.6) is 0 Å². The maximum absolute atomic E-state index is 11.6. The molecule has 2 rings (SSSR count). The molecule has 0 saturated heterocycles. The predicted molar refractivity (Wildman–Crippen MR) is 67.7 cm³/mol. The van der Waals surface area contributed by atoms with E-state index in [1.807, 2.05) is 18.2 Å². The second kappa shape index (κ2) is 4.90. The van der Waals surface area contributed by atoms with Gasteiger partial charge in [-0.15, -0.1) is 0 Å². The lowest BCUT2D eigenvalue weighted by atomic mass is 10.2. The number of benzene rings is 1. The first-order valence-electron chi connectivity index (χ1n) is 5.51. The third kappa shape index (κ3) is 3.08. The lowest BCUT2D eigenvalue weighted by molar-refractivity contribution is -0.117. The molecule has 90 valence electrons. The molecule has 1 aromatic carbocycles. The standard InChI is InChI=1S/C13H14ClNO2/c14-11-4-2-1-3-10(11)5-6-12(17)15-13(9-16)7-8-13/h1-6,16H,7-9H2,(H,15,17)/b6-5+. The smallest absolute Gasteiger partial charge is 0.244 e. The monoisotopic (exact) mass is 251 g/mol. The van der Waals surface area contributed by atoms with Gasteiger partial charge in [-0.05, 0) is 30.5 Å². The summed E-state index contributed by atoms with van der Waals surface area (Å²) in [6.07, 6.45) is 4.80. The Morgan fingerprint density at radius 2 is 2.18 bits per heavy atom. The van der Waals surface area contributed by atoms with Crippen molar-refractivity contribution in [3.8, 4) is 0 Å². The molecular formula is C13H14ClNO2. The van der Waals surface area contributed by atoms with Crippen LogP contribution >= 0.6 is 11.6 Å². The molecule has 17 heavy (non-hydrogen) atoms. The van der Waals surface area contributed by atoms with E-state index in [4.69, 9.17) is 16.7 Å². The number of aliphatic hydroxyl groups is 1. The second-order valence-corrected chi connectivity index (χ2v) is 4.69. The number of hydrogen-bond donors (Lipinski definition) is 2. The van der Waals surface area contributed by atoms with Crippen LogP contribution < -0.4 is 5.32 Å². The van der Waals surface area contributed by atoms with Gasteiger partial charge in [-0.2, -0.15) is 0 Å². The molecule has 0 radical (unpaired) electrons. The number of carbonyl (C=O) groups is 1. The third-order valence-corrected chi connectivity index (χ3v) is 3.21. The van der Waals surface area contributed by atoms with Crippen LogP contribution in [0.15, 0.2) is 30.3 Å². The zero-order valence-electron chi connectivity index (χ0n) is 9.32. The molecule has 0 spiro atoms. The van der Waals surface area contributed by atoms with Crippen molar-refractivity contribution in [3.63, 3.8) is 0 Å². The molecule has 2 N–H and O–H groups in total. The zero-order chi connectivity index (χ0) is 12.3. The SMILES string of the molecule is O=C(/C=C/c1ccccc1Cl)NC1(CO)CC1. The average molecular weight is 252 g/mol. The topological polar surface area (TPSA) is 49.3 Å². The molecule has 4 heteroatoms. The number of hydrogen-bond acceptors (Lipinski definition) is 2. The number of aliphatic hydroxyl groups excluding tert-OH is 1. The molecule has 1 amide bonds. The minimum absolute atomic E-state index is 0.00132. The highest BCUT2D eigenvalue weighted by Gasteiger charge is 2.42. The van der Waals surface area contributed by atoms with Gasteiger partial charge in [0.1, 0.15) is 0 Å². The summed E-state index contributed by atoms with van der Waals surface area (Å²) in [5, 5.41) is 12.5. The van der Waals surface area contributed by atoms with Crippen LogP contribution in [0.25, 0.3) is 6.08 Å². The summed E-state index contributed by atoms with van der Waals surface area (Å²) in [7, 11) is 0. The first kappa shape index (κ1) is 12.1. The number of amides is 1. The Kier molecular flexibility index (Phi) is 3.50. The summed E-state index contributed by atoms with van der Waals surface area (Å²) in [6, 6.07) is 7.31. The van der Waals surface area contributed by atoms with Crippen LogP contribution in [-0.4, -0.2) is 23.2 Å². The Balaban J connectivity index is 1.97. The zero-order valence-corrected chi connectivity index (χ0v) is 10.1. The van der Waals surface area contributed by atoms with E-state index in [1.165, 1.54) is 6.08 Å². The van der Waals surface area contributed by atoms with Gasteiger partial charge >= 0.3 is 0 Å². The fraction of sp³-hybridized carbons (Fsp3) is 0.308. The van der Waals surface area contributed by atoms with Crippen LogP contribution in [0.3, 0.4) is 0 Å². The van der Waals surface area contributed by atoms with E-state index in [0.717, 1.165) is 18.4 Å². The van der Waals surface area contributed by atoms with E-state index in [2.05, 4.69) is 5.32 Å². The second-order valence-electron chi connectivity index (χ2n) is 4.28. The molecule has 0 aliphatic heterocycles. The number of halogens is 1. The van der Waals surface area contributed by atoms with Gasteiger partial charge in [-0.25, -0.2) is 0 Å². The fourth-order valence-corrected chi connectivity index (χ4v) is 1.75. The van der Waals surface area contributed by atoms with Crippen molar-refractivity contribution in [2.45, 2.75) is 18.4 Å². The van der Waals surface area contributed by atoms with E-state index in [1.54, 1.807) is 12.1 Å². The Hall–Kier alpha value is -1.32. The van der Waals surface area contributed by atoms with Crippen molar-refractivity contribution < 1.29 is 9.90 Å². The highest BCUT2D eigenvalue weighted by molar-refractivity contribution is 6.32. The first-order valence-corrected chi connectivity index (χ1v) is 5.89. The van der Waals surface area contributed by atoms with Gasteiger partial charge in [0.2, 0.25) is 5.91 Å². The lowest BCUT2D eigenvalue weighted by Crippen LogP contribution is -2.38. The Morgan fingerprint density at radius 1 is 1.47 bits per heavy atom. The van der Waals surface area contributed by atoms with Crippen molar-refractivity contribution >= 4 is 23.6 Å². The quantitative estimate of drug-likeness (QED) is 0.804. The molecule has 0 bridgehead atoms. The van der Waals surface area contributed by atoms with Crippen molar-refractivity contribution in [3.05, 3.63) is 40.9 Å². The summed E-state index contributed by atoms with van der Waals surface area (Å²) < 4.78 is 0. The van der Waals surface area contributed by atoms with Crippen molar-refractivity contribution in [1.29, 1.82) is 0 Å². The minimum atomic E-state index is -0.373. The molecule has 0 aromatic heterocycles. The Labute approximate surface area is 105 Å². The number of nitrogens with one attached hydrogen (secondary N) is 1. The number of carbonyl (C=O) groups excluding carboxylic acids is 1. The normalized spacial score (nSPS) is 17.1. The van der Waals surface area contributed by atoms with Crippen molar-refractivity contribution in [2.24, 2.45) is 0 Å². The van der Waals surface area contributed by atoms with Gasteiger partial charge in [0, 0.05) is 11.1 Å². The predicted octanol–water partition coefficient (Wildman–Crippen LogP) is 1.99. The lowest BCUT2D eigenvalue weighted by Gasteiger charge is -2.11. The Morgan fingerprint density at radius 3 is 2.76 bits per heavy atom. The van der Waals surface area contributed by atoms with E-state index in [9.17, 15) is 4.79 Å². The van der Waals surface area contributed by atoms with Gasteiger partial charge in [0.05, 0.1) is 12.1 Å². The first-order chi connectivity index (χ1) is 8.15. The molecular weight excluding hydrogens is 238 g/mol. The molecule has 1 aliphatic rings. The van der Waals surface area contributed by atoms with Crippen LogP contribution in [0, 0.1) is 0 Å². The van der Waals surface area contributed by atoms with E-state index in [-0.39, 0.29) is 18.1 Å². The molecule has 1 aromatic rings. The minimum Gasteiger partial charge on any atom is -0.394 e. The molecule has 0 unspecified atom stereocenters. The summed E-state index contributed by atoms with van der Waals surface area (Å²) in [5.74, 6) is -0.198. The summed E-state index contributed by atoms with van der Waals surface area (Å²) in [4.78, 5) is 11.6. The molecule has 1 fully saturated rings. The van der Waals surface area contributed by atoms with Crippen LogP contribution in [0.1, 0.15) is 18.4 Å². The summed E-state index contributed by atoms with van der Waals surface area (Å²) in [6.45, 7) is -0.00132.